The van der Waals surface area contributed by atoms with Gasteiger partial charge >= 0.3 is 0 Å². The van der Waals surface area contributed by atoms with Gasteiger partial charge in [0.15, 0.2) is 0 Å². The molecule has 1 heterocycles. The van der Waals surface area contributed by atoms with Crippen LogP contribution in [-0.4, -0.2) is 53.0 Å². The van der Waals surface area contributed by atoms with Crippen LogP contribution in [0.3, 0.4) is 0 Å². The van der Waals surface area contributed by atoms with Crippen molar-refractivity contribution in [2.75, 3.05) is 13.2 Å². The largest absolute Gasteiger partial charge is 0.391 e. The summed E-state index contributed by atoms with van der Waals surface area (Å²) in [5.74, 6) is -0.308. The summed E-state index contributed by atoms with van der Waals surface area (Å²) in [6.07, 6.45) is 1.63. The number of carbonyl (C=O) groups excluding carboxylic acids is 2. The first kappa shape index (κ1) is 14.7. The Morgan fingerprint density at radius 2 is 2.37 bits per heavy atom. The third-order valence-electron chi connectivity index (χ3n) is 4.24. The highest BCUT2D eigenvalue weighted by atomic mass is 31.1. The Balaban J connectivity index is 1.93. The van der Waals surface area contributed by atoms with Crippen LogP contribution in [0, 0.1) is 5.41 Å². The van der Waals surface area contributed by atoms with Crippen LogP contribution in [-0.2, 0) is 9.59 Å². The first-order valence-corrected chi connectivity index (χ1v) is 8.07. The van der Waals surface area contributed by atoms with Crippen LogP contribution >= 0.6 is 8.73 Å². The number of amides is 2. The molecule has 2 aliphatic rings. The zero-order chi connectivity index (χ0) is 14.2. The lowest BCUT2D eigenvalue weighted by molar-refractivity contribution is -0.150. The number of primary amides is 1. The maximum Gasteiger partial charge on any atom is 0.237 e. The lowest BCUT2D eigenvalue weighted by Crippen LogP contribution is -2.57. The fourth-order valence-corrected chi connectivity index (χ4v) is 4.04. The van der Waals surface area contributed by atoms with E-state index in [9.17, 15) is 14.7 Å². The number of nitrogens with zero attached hydrogens (tertiary/aromatic N) is 1. The van der Waals surface area contributed by atoms with Crippen LogP contribution < -0.4 is 11.1 Å². The first-order chi connectivity index (χ1) is 8.89. The summed E-state index contributed by atoms with van der Waals surface area (Å²) in [6, 6.07) is -0.655. The van der Waals surface area contributed by atoms with Gasteiger partial charge in [0, 0.05) is 12.6 Å². The molecule has 4 N–H and O–H groups in total. The number of nitrogens with two attached hydrogens (primary N) is 1. The van der Waals surface area contributed by atoms with Crippen molar-refractivity contribution in [3.8, 4) is 0 Å². The number of aliphatic hydroxyl groups excluding tert-OH is 1. The number of hydrogen-bond acceptors (Lipinski definition) is 4. The molecule has 1 aliphatic carbocycles. The number of carbonyl (C=O) groups is 2. The molecule has 1 spiro atoms. The minimum Gasteiger partial charge on any atom is -0.391 e. The average molecular weight is 287 g/mol. The van der Waals surface area contributed by atoms with Gasteiger partial charge in [-0.3, -0.25) is 9.59 Å². The van der Waals surface area contributed by atoms with Crippen molar-refractivity contribution in [2.45, 2.75) is 44.4 Å². The highest BCUT2D eigenvalue weighted by Crippen LogP contribution is 2.49. The minimum atomic E-state index is -0.820. The molecule has 5 atom stereocenters. The summed E-state index contributed by atoms with van der Waals surface area (Å²) in [6.45, 7) is 4.38. The zero-order valence-corrected chi connectivity index (χ0v) is 12.3. The van der Waals surface area contributed by atoms with E-state index in [0.717, 1.165) is 25.8 Å². The second-order valence-electron chi connectivity index (χ2n) is 5.62. The van der Waals surface area contributed by atoms with E-state index in [0.29, 0.717) is 8.73 Å². The van der Waals surface area contributed by atoms with E-state index >= 15 is 0 Å². The predicted octanol–water partition coefficient (Wildman–Crippen LogP) is -0.585. The van der Waals surface area contributed by atoms with Crippen molar-refractivity contribution in [1.82, 2.24) is 9.99 Å². The van der Waals surface area contributed by atoms with Crippen LogP contribution in [0.15, 0.2) is 0 Å². The zero-order valence-electron chi connectivity index (χ0n) is 11.3. The van der Waals surface area contributed by atoms with Gasteiger partial charge < -0.3 is 20.8 Å². The first-order valence-electron chi connectivity index (χ1n) is 6.62. The number of hydrogen-bond donors (Lipinski definition) is 3. The maximum absolute atomic E-state index is 12.1. The van der Waals surface area contributed by atoms with Crippen LogP contribution in [0.2, 0.25) is 0 Å². The summed E-state index contributed by atoms with van der Waals surface area (Å²) in [5, 5.41) is 12.6. The molecule has 2 fully saturated rings. The summed E-state index contributed by atoms with van der Waals surface area (Å²) in [7, 11) is 0.529. The molecule has 1 aliphatic heterocycles. The fraction of sp³-hybridized carbons (Fsp3) is 0.833. The second-order valence-corrected chi connectivity index (χ2v) is 6.61. The predicted molar refractivity (Wildman–Crippen MR) is 73.8 cm³/mol. The van der Waals surface area contributed by atoms with Crippen molar-refractivity contribution in [3.05, 3.63) is 0 Å². The summed E-state index contributed by atoms with van der Waals surface area (Å²) in [4.78, 5) is 23.3. The number of rotatable bonds is 5. The van der Waals surface area contributed by atoms with Crippen LogP contribution in [0.5, 0.6) is 0 Å². The normalized spacial score (nSPS) is 33.9. The molecule has 108 valence electrons. The molecule has 0 bridgehead atoms. The Bertz CT molecular complexity index is 390. The highest BCUT2D eigenvalue weighted by Gasteiger charge is 2.55. The van der Waals surface area contributed by atoms with Gasteiger partial charge in [0.1, 0.15) is 6.04 Å². The molecule has 6 nitrogen and oxygen atoms in total. The standard InChI is InChI=1S/C12H22N3O3P/c1-7(16)9(10(13)17)14-8-3-4-12(5-8)6-15(19-2)11(12)18/h7-9,14,16,19H,3-6H2,1-2H3,(H2,13,17)/t7-,8?,9+,12?/m1/s1. The smallest absolute Gasteiger partial charge is 0.237 e. The van der Waals surface area contributed by atoms with E-state index in [1.165, 1.54) is 0 Å². The Morgan fingerprint density at radius 1 is 1.68 bits per heavy atom. The number of β-lactam (4-membered cyclic amide) rings is 1. The average Bonchev–Trinajstić information content (AvgIpc) is 2.78. The quantitative estimate of drug-likeness (QED) is 0.465. The summed E-state index contributed by atoms with van der Waals surface area (Å²) < 4.78 is 1.88. The molecule has 1 saturated carbocycles. The Morgan fingerprint density at radius 3 is 2.84 bits per heavy atom. The van der Waals surface area contributed by atoms with Crippen molar-refractivity contribution in [2.24, 2.45) is 11.1 Å². The molecule has 0 aromatic heterocycles. The molecule has 1 saturated heterocycles. The molecule has 0 aromatic rings. The molecule has 3 unspecified atom stereocenters. The Labute approximate surface area is 114 Å². The SMILES string of the molecule is CPN1CC2(CCC(N[C@H](C(N)=O)[C@@H](C)O)C2)C1=O. The van der Waals surface area contributed by atoms with Crippen LogP contribution in [0.25, 0.3) is 0 Å². The Kier molecular flexibility index (Phi) is 4.14. The lowest BCUT2D eigenvalue weighted by Gasteiger charge is -2.46. The molecular weight excluding hydrogens is 265 g/mol. The van der Waals surface area contributed by atoms with Crippen molar-refractivity contribution in [1.29, 1.82) is 0 Å². The molecular formula is C12H22N3O3P. The van der Waals surface area contributed by atoms with E-state index in [2.05, 4.69) is 5.32 Å². The molecule has 19 heavy (non-hydrogen) atoms. The lowest BCUT2D eigenvalue weighted by atomic mass is 9.79. The monoisotopic (exact) mass is 287 g/mol. The van der Waals surface area contributed by atoms with E-state index < -0.39 is 18.1 Å². The molecule has 2 rings (SSSR count). The topological polar surface area (TPSA) is 95.7 Å². The van der Waals surface area contributed by atoms with Gasteiger partial charge in [-0.25, -0.2) is 0 Å². The van der Waals surface area contributed by atoms with Gasteiger partial charge in [-0.2, -0.15) is 0 Å². The van der Waals surface area contributed by atoms with Gasteiger partial charge in [-0.05, 0) is 41.6 Å². The molecule has 0 radical (unpaired) electrons. The third-order valence-corrected chi connectivity index (χ3v) is 5.14. The fourth-order valence-electron chi connectivity index (χ4n) is 3.14. The van der Waals surface area contributed by atoms with E-state index in [1.54, 1.807) is 6.92 Å². The molecule has 2 amide bonds. The summed E-state index contributed by atoms with van der Waals surface area (Å²) in [5.41, 5.74) is 5.04. The second kappa shape index (κ2) is 5.35. The maximum atomic E-state index is 12.1. The van der Waals surface area contributed by atoms with E-state index in [1.807, 2.05) is 11.3 Å². The molecule has 7 heteroatoms. The van der Waals surface area contributed by atoms with Crippen molar-refractivity contribution >= 4 is 20.5 Å². The summed E-state index contributed by atoms with van der Waals surface area (Å²) >= 11 is 0. The van der Waals surface area contributed by atoms with E-state index in [4.69, 9.17) is 5.73 Å². The Hall–Kier alpha value is -0.710. The highest BCUT2D eigenvalue weighted by molar-refractivity contribution is 7.35. The van der Waals surface area contributed by atoms with Gasteiger partial charge in [-0.1, -0.05) is 0 Å². The van der Waals surface area contributed by atoms with Gasteiger partial charge in [0.2, 0.25) is 11.8 Å². The van der Waals surface area contributed by atoms with Crippen LogP contribution in [0.4, 0.5) is 0 Å². The van der Waals surface area contributed by atoms with Crippen LogP contribution in [0.1, 0.15) is 26.2 Å². The number of nitrogens with one attached hydrogen (secondary N) is 1. The van der Waals surface area contributed by atoms with Crippen molar-refractivity contribution in [3.63, 3.8) is 0 Å². The molecule has 0 aromatic carbocycles. The van der Waals surface area contributed by atoms with Crippen molar-refractivity contribution < 1.29 is 14.7 Å². The minimum absolute atomic E-state index is 0.0818. The third kappa shape index (κ3) is 2.62. The van der Waals surface area contributed by atoms with E-state index in [-0.39, 0.29) is 17.4 Å². The van der Waals surface area contributed by atoms with Gasteiger partial charge in [0.05, 0.1) is 11.5 Å². The van der Waals surface area contributed by atoms with Gasteiger partial charge in [0.25, 0.3) is 0 Å². The van der Waals surface area contributed by atoms with Gasteiger partial charge in [-0.15, -0.1) is 0 Å². The number of aliphatic hydroxyl groups is 1.